The summed E-state index contributed by atoms with van der Waals surface area (Å²) >= 11 is 0. The van der Waals surface area contributed by atoms with Crippen molar-refractivity contribution in [2.75, 3.05) is 0 Å². The van der Waals surface area contributed by atoms with Gasteiger partial charge in [-0.2, -0.15) is 0 Å². The number of hydrogen-bond acceptors (Lipinski definition) is 4. The first kappa shape index (κ1) is 13.7. The van der Waals surface area contributed by atoms with E-state index in [1.54, 1.807) is 12.1 Å². The van der Waals surface area contributed by atoms with Gasteiger partial charge in [0, 0.05) is 17.7 Å². The zero-order valence-corrected chi connectivity index (χ0v) is 11.4. The maximum atomic E-state index is 12.0. The Kier molecular flexibility index (Phi) is 3.49. The Hall–Kier alpha value is -3.28. The van der Waals surface area contributed by atoms with E-state index in [1.165, 1.54) is 18.2 Å². The van der Waals surface area contributed by atoms with Gasteiger partial charge in [-0.3, -0.25) is 14.9 Å². The molecule has 0 spiro atoms. The van der Waals surface area contributed by atoms with Crippen LogP contribution in [-0.4, -0.2) is 16.7 Å². The van der Waals surface area contributed by atoms with Crippen molar-refractivity contribution in [3.63, 3.8) is 0 Å². The van der Waals surface area contributed by atoms with Crippen molar-refractivity contribution < 1.29 is 9.72 Å². The number of carbonyl (C=O) groups is 1. The van der Waals surface area contributed by atoms with Gasteiger partial charge in [0.1, 0.15) is 11.5 Å². The maximum Gasteiger partial charge on any atom is 0.275 e. The van der Waals surface area contributed by atoms with Gasteiger partial charge in [0.25, 0.3) is 11.6 Å². The summed E-state index contributed by atoms with van der Waals surface area (Å²) < 4.78 is 0. The Morgan fingerprint density at radius 3 is 2.59 bits per heavy atom. The van der Waals surface area contributed by atoms with E-state index < -0.39 is 4.92 Å². The summed E-state index contributed by atoms with van der Waals surface area (Å²) in [6, 6.07) is 15.3. The number of aliphatic imine (C=N–C) groups is 1. The molecule has 6 nitrogen and oxygen atoms in total. The molecule has 0 radical (unpaired) electrons. The SMILES string of the molecule is O=C1NC(c2ccccc2)=N/C1=C/c1cccc([N+](=O)[O-])c1. The smallest absolute Gasteiger partial charge is 0.275 e. The van der Waals surface area contributed by atoms with Crippen LogP contribution in [-0.2, 0) is 4.79 Å². The van der Waals surface area contributed by atoms with Gasteiger partial charge in [-0.15, -0.1) is 0 Å². The maximum absolute atomic E-state index is 12.0. The normalized spacial score (nSPS) is 15.5. The molecule has 0 aliphatic carbocycles. The van der Waals surface area contributed by atoms with Crippen LogP contribution < -0.4 is 5.32 Å². The second-order valence-corrected chi connectivity index (χ2v) is 4.66. The monoisotopic (exact) mass is 293 g/mol. The van der Waals surface area contributed by atoms with Crippen LogP contribution in [0.1, 0.15) is 11.1 Å². The number of amides is 1. The third kappa shape index (κ3) is 2.76. The van der Waals surface area contributed by atoms with E-state index in [-0.39, 0.29) is 17.3 Å². The molecule has 0 fully saturated rings. The molecular formula is C16H11N3O3. The van der Waals surface area contributed by atoms with Crippen molar-refractivity contribution >= 4 is 23.5 Å². The molecule has 22 heavy (non-hydrogen) atoms. The van der Waals surface area contributed by atoms with E-state index in [1.807, 2.05) is 30.3 Å². The molecule has 0 unspecified atom stereocenters. The predicted molar refractivity (Wildman–Crippen MR) is 82.2 cm³/mol. The molecule has 0 bridgehead atoms. The fourth-order valence-corrected chi connectivity index (χ4v) is 2.09. The first-order valence-corrected chi connectivity index (χ1v) is 6.55. The molecule has 6 heteroatoms. The molecule has 1 N–H and O–H groups in total. The Labute approximate surface area is 126 Å². The van der Waals surface area contributed by atoms with Gasteiger partial charge in [-0.1, -0.05) is 42.5 Å². The lowest BCUT2D eigenvalue weighted by atomic mass is 10.1. The number of benzene rings is 2. The third-order valence-corrected chi connectivity index (χ3v) is 3.13. The Morgan fingerprint density at radius 1 is 1.09 bits per heavy atom. The third-order valence-electron chi connectivity index (χ3n) is 3.13. The molecule has 1 heterocycles. The van der Waals surface area contributed by atoms with Crippen LogP contribution >= 0.6 is 0 Å². The number of hydrogen-bond donors (Lipinski definition) is 1. The van der Waals surface area contributed by atoms with Gasteiger partial charge in [0.15, 0.2) is 0 Å². The summed E-state index contributed by atoms with van der Waals surface area (Å²) in [5.74, 6) is 0.146. The second-order valence-electron chi connectivity index (χ2n) is 4.66. The van der Waals surface area contributed by atoms with Crippen molar-refractivity contribution in [1.29, 1.82) is 0 Å². The summed E-state index contributed by atoms with van der Waals surface area (Å²) in [6.07, 6.45) is 1.53. The predicted octanol–water partition coefficient (Wildman–Crippen LogP) is 2.51. The highest BCUT2D eigenvalue weighted by molar-refractivity contribution is 6.19. The second kappa shape index (κ2) is 5.61. The lowest BCUT2D eigenvalue weighted by Crippen LogP contribution is -2.24. The number of non-ortho nitro benzene ring substituents is 1. The molecule has 0 saturated heterocycles. The Morgan fingerprint density at radius 2 is 1.86 bits per heavy atom. The lowest BCUT2D eigenvalue weighted by molar-refractivity contribution is -0.384. The number of nitro benzene ring substituents is 1. The molecule has 1 aliphatic rings. The fraction of sp³-hybridized carbons (Fsp3) is 0. The van der Waals surface area contributed by atoms with Gasteiger partial charge in [-0.25, -0.2) is 4.99 Å². The number of nitrogens with one attached hydrogen (secondary N) is 1. The minimum atomic E-state index is -0.477. The average molecular weight is 293 g/mol. The summed E-state index contributed by atoms with van der Waals surface area (Å²) in [7, 11) is 0. The molecule has 0 saturated carbocycles. The number of carbonyl (C=O) groups excluding carboxylic acids is 1. The Bertz CT molecular complexity index is 810. The van der Waals surface area contributed by atoms with E-state index in [2.05, 4.69) is 10.3 Å². The van der Waals surface area contributed by atoms with Crippen LogP contribution in [0.5, 0.6) is 0 Å². The lowest BCUT2D eigenvalue weighted by Gasteiger charge is -1.98. The molecule has 1 aliphatic heterocycles. The Balaban J connectivity index is 1.94. The van der Waals surface area contributed by atoms with Gasteiger partial charge < -0.3 is 5.32 Å². The highest BCUT2D eigenvalue weighted by Gasteiger charge is 2.21. The van der Waals surface area contributed by atoms with Crippen LogP contribution in [0.25, 0.3) is 6.08 Å². The van der Waals surface area contributed by atoms with E-state index in [4.69, 9.17) is 0 Å². The van der Waals surface area contributed by atoms with Crippen LogP contribution in [0.2, 0.25) is 0 Å². The number of nitrogens with zero attached hydrogens (tertiary/aromatic N) is 2. The van der Waals surface area contributed by atoms with Crippen LogP contribution in [0.3, 0.4) is 0 Å². The largest absolute Gasteiger partial charge is 0.305 e. The molecule has 0 atom stereocenters. The first-order valence-electron chi connectivity index (χ1n) is 6.55. The standard InChI is InChI=1S/C16H11N3O3/c20-16-14(10-11-5-4-8-13(9-11)19(21)22)17-15(18-16)12-6-2-1-3-7-12/h1-10H,(H,17,18,20)/b14-10+. The zero-order chi connectivity index (χ0) is 15.5. The number of nitro groups is 1. The van der Waals surface area contributed by atoms with Crippen molar-refractivity contribution in [3.8, 4) is 0 Å². The quantitative estimate of drug-likeness (QED) is 0.536. The van der Waals surface area contributed by atoms with Crippen molar-refractivity contribution in [2.24, 2.45) is 4.99 Å². The molecule has 108 valence electrons. The fourth-order valence-electron chi connectivity index (χ4n) is 2.09. The van der Waals surface area contributed by atoms with Crippen LogP contribution in [0, 0.1) is 10.1 Å². The molecular weight excluding hydrogens is 282 g/mol. The molecule has 2 aromatic carbocycles. The molecule has 2 aromatic rings. The number of rotatable bonds is 3. The average Bonchev–Trinajstić information content (AvgIpc) is 2.89. The minimum absolute atomic E-state index is 0.0278. The highest BCUT2D eigenvalue weighted by Crippen LogP contribution is 2.18. The van der Waals surface area contributed by atoms with E-state index in [0.29, 0.717) is 11.4 Å². The van der Waals surface area contributed by atoms with Crippen LogP contribution in [0.4, 0.5) is 5.69 Å². The summed E-state index contributed by atoms with van der Waals surface area (Å²) in [5, 5.41) is 13.5. The van der Waals surface area contributed by atoms with Crippen molar-refractivity contribution in [3.05, 3.63) is 81.5 Å². The van der Waals surface area contributed by atoms with Gasteiger partial charge in [-0.05, 0) is 11.6 Å². The zero-order valence-electron chi connectivity index (χ0n) is 11.4. The van der Waals surface area contributed by atoms with E-state index in [9.17, 15) is 14.9 Å². The topological polar surface area (TPSA) is 84.6 Å². The van der Waals surface area contributed by atoms with Crippen molar-refractivity contribution in [1.82, 2.24) is 5.32 Å². The molecule has 1 amide bonds. The number of amidine groups is 1. The molecule has 3 rings (SSSR count). The van der Waals surface area contributed by atoms with Crippen LogP contribution in [0.15, 0.2) is 65.3 Å². The minimum Gasteiger partial charge on any atom is -0.305 e. The summed E-state index contributed by atoms with van der Waals surface area (Å²) in [6.45, 7) is 0. The first-order chi connectivity index (χ1) is 10.6. The van der Waals surface area contributed by atoms with Gasteiger partial charge in [0.05, 0.1) is 4.92 Å². The summed E-state index contributed by atoms with van der Waals surface area (Å²) in [5.41, 5.74) is 1.55. The highest BCUT2D eigenvalue weighted by atomic mass is 16.6. The van der Waals surface area contributed by atoms with E-state index >= 15 is 0 Å². The summed E-state index contributed by atoms with van der Waals surface area (Å²) in [4.78, 5) is 26.5. The molecule has 0 aromatic heterocycles. The van der Waals surface area contributed by atoms with Gasteiger partial charge in [0.2, 0.25) is 0 Å². The van der Waals surface area contributed by atoms with Crippen molar-refractivity contribution in [2.45, 2.75) is 0 Å². The van der Waals surface area contributed by atoms with E-state index in [0.717, 1.165) is 5.56 Å². The van der Waals surface area contributed by atoms with Gasteiger partial charge >= 0.3 is 0 Å².